The minimum Gasteiger partial charge on any atom is -0.503 e. The van der Waals surface area contributed by atoms with E-state index in [9.17, 15) is 14.7 Å². The summed E-state index contributed by atoms with van der Waals surface area (Å²) in [5.74, 6) is -1.57. The second-order valence-electron chi connectivity index (χ2n) is 8.15. The van der Waals surface area contributed by atoms with Gasteiger partial charge in [-0.1, -0.05) is 53.5 Å². The molecule has 0 aromatic heterocycles. The van der Waals surface area contributed by atoms with E-state index in [2.05, 4.69) is 0 Å². The predicted molar refractivity (Wildman–Crippen MR) is 142 cm³/mol. The summed E-state index contributed by atoms with van der Waals surface area (Å²) in [7, 11) is 1.59. The molecule has 9 heteroatoms. The molecule has 1 N–H and O–H groups in total. The third-order valence-electron chi connectivity index (χ3n) is 5.77. The quantitative estimate of drug-likeness (QED) is 0.243. The van der Waals surface area contributed by atoms with E-state index in [-0.39, 0.29) is 17.7 Å². The molecule has 1 aliphatic heterocycles. The molecule has 3 aromatic rings. The SMILES string of the molecule is COCCOCCOc1ccccc1C(=O)C1=C(O)C(=O)N(c2cccc(Cl)c2)C1c1ccc(Cl)cc1. The largest absolute Gasteiger partial charge is 0.503 e. The Bertz CT molecular complexity index is 1310. The van der Waals surface area contributed by atoms with Crippen LogP contribution >= 0.6 is 23.2 Å². The number of rotatable bonds is 11. The highest BCUT2D eigenvalue weighted by atomic mass is 35.5. The Hall–Kier alpha value is -3.36. The van der Waals surface area contributed by atoms with Crippen LogP contribution in [0.15, 0.2) is 84.1 Å². The number of aliphatic hydroxyl groups excluding tert-OH is 1. The Morgan fingerprint density at radius 2 is 1.65 bits per heavy atom. The summed E-state index contributed by atoms with van der Waals surface area (Å²) in [6, 6.07) is 19.2. The van der Waals surface area contributed by atoms with Crippen LogP contribution < -0.4 is 9.64 Å². The van der Waals surface area contributed by atoms with Gasteiger partial charge in [0.15, 0.2) is 11.5 Å². The van der Waals surface area contributed by atoms with E-state index in [4.69, 9.17) is 37.4 Å². The van der Waals surface area contributed by atoms with Crippen LogP contribution in [0.25, 0.3) is 0 Å². The molecule has 7 nitrogen and oxygen atoms in total. The number of carbonyl (C=O) groups is 2. The van der Waals surface area contributed by atoms with Gasteiger partial charge in [0.05, 0.1) is 37.0 Å². The Morgan fingerprint density at radius 3 is 2.38 bits per heavy atom. The smallest absolute Gasteiger partial charge is 0.294 e. The van der Waals surface area contributed by atoms with Crippen molar-refractivity contribution in [3.8, 4) is 5.75 Å². The fraction of sp³-hybridized carbons (Fsp3) is 0.214. The summed E-state index contributed by atoms with van der Waals surface area (Å²) in [5, 5.41) is 11.9. The van der Waals surface area contributed by atoms with Crippen molar-refractivity contribution in [1.82, 2.24) is 0 Å². The van der Waals surface area contributed by atoms with Crippen LogP contribution in [-0.4, -0.2) is 50.3 Å². The summed E-state index contributed by atoms with van der Waals surface area (Å²) in [6.07, 6.45) is 0. The van der Waals surface area contributed by atoms with Crippen molar-refractivity contribution in [2.75, 3.05) is 38.4 Å². The second kappa shape index (κ2) is 12.3. The summed E-state index contributed by atoms with van der Waals surface area (Å²) < 4.78 is 16.2. The number of Topliss-reactive ketones (excluding diaryl/α,β-unsaturated/α-hetero) is 1. The van der Waals surface area contributed by atoms with Crippen molar-refractivity contribution in [3.05, 3.63) is 105 Å². The lowest BCUT2D eigenvalue weighted by Crippen LogP contribution is -2.31. The molecule has 0 saturated carbocycles. The first-order chi connectivity index (χ1) is 17.9. The van der Waals surface area contributed by atoms with E-state index in [0.717, 1.165) is 0 Å². The number of hydrogen-bond donors (Lipinski definition) is 1. The Balaban J connectivity index is 1.70. The number of methoxy groups -OCH3 is 1. The molecule has 1 unspecified atom stereocenters. The van der Waals surface area contributed by atoms with Crippen LogP contribution in [0.2, 0.25) is 10.0 Å². The summed E-state index contributed by atoms with van der Waals surface area (Å²) in [5.41, 5.74) is 1.17. The van der Waals surface area contributed by atoms with Crippen LogP contribution in [0.4, 0.5) is 5.69 Å². The van der Waals surface area contributed by atoms with E-state index in [1.165, 1.54) is 4.90 Å². The lowest BCUT2D eigenvalue weighted by molar-refractivity contribution is -0.117. The first kappa shape index (κ1) is 26.7. The Labute approximate surface area is 224 Å². The number of nitrogens with zero attached hydrogens (tertiary/aromatic N) is 1. The third-order valence-corrected chi connectivity index (χ3v) is 6.26. The molecular weight excluding hydrogens is 517 g/mol. The van der Waals surface area contributed by atoms with E-state index in [0.29, 0.717) is 46.9 Å². The number of amides is 1. The zero-order valence-corrected chi connectivity index (χ0v) is 21.5. The average Bonchev–Trinajstić information content (AvgIpc) is 3.16. The van der Waals surface area contributed by atoms with E-state index in [1.807, 2.05) is 0 Å². The molecule has 1 atom stereocenters. The molecule has 0 bridgehead atoms. The van der Waals surface area contributed by atoms with Gasteiger partial charge in [-0.15, -0.1) is 0 Å². The number of ether oxygens (including phenoxy) is 3. The fourth-order valence-corrected chi connectivity index (χ4v) is 4.38. The van der Waals surface area contributed by atoms with E-state index in [1.54, 1.807) is 79.9 Å². The van der Waals surface area contributed by atoms with Gasteiger partial charge in [0, 0.05) is 22.8 Å². The average molecular weight is 542 g/mol. The highest BCUT2D eigenvalue weighted by Crippen LogP contribution is 2.43. The molecule has 4 rings (SSSR count). The first-order valence-electron chi connectivity index (χ1n) is 11.5. The first-order valence-corrected chi connectivity index (χ1v) is 12.3. The monoisotopic (exact) mass is 541 g/mol. The van der Waals surface area contributed by atoms with E-state index >= 15 is 0 Å². The number of benzene rings is 3. The number of para-hydroxylation sites is 1. The zero-order valence-electron chi connectivity index (χ0n) is 20.0. The van der Waals surface area contributed by atoms with Crippen LogP contribution in [0.5, 0.6) is 5.75 Å². The number of halogens is 2. The molecule has 0 spiro atoms. The number of carbonyl (C=O) groups excluding carboxylic acids is 2. The number of anilines is 1. The molecule has 0 aliphatic carbocycles. The van der Waals surface area contributed by atoms with Crippen molar-refractivity contribution in [1.29, 1.82) is 0 Å². The van der Waals surface area contributed by atoms with Gasteiger partial charge in [-0.3, -0.25) is 14.5 Å². The maximum Gasteiger partial charge on any atom is 0.294 e. The van der Waals surface area contributed by atoms with Crippen LogP contribution in [0.3, 0.4) is 0 Å². The maximum atomic E-state index is 13.9. The number of hydrogen-bond acceptors (Lipinski definition) is 6. The van der Waals surface area contributed by atoms with Gasteiger partial charge in [-0.05, 0) is 48.0 Å². The fourth-order valence-electron chi connectivity index (χ4n) is 4.07. The van der Waals surface area contributed by atoms with Crippen molar-refractivity contribution in [2.45, 2.75) is 6.04 Å². The second-order valence-corrected chi connectivity index (χ2v) is 9.02. The molecule has 0 saturated heterocycles. The molecule has 3 aromatic carbocycles. The highest BCUT2D eigenvalue weighted by molar-refractivity contribution is 6.31. The van der Waals surface area contributed by atoms with Gasteiger partial charge < -0.3 is 19.3 Å². The lowest BCUT2D eigenvalue weighted by atomic mass is 9.92. The van der Waals surface area contributed by atoms with Crippen molar-refractivity contribution in [2.24, 2.45) is 0 Å². The van der Waals surface area contributed by atoms with E-state index < -0.39 is 23.5 Å². The summed E-state index contributed by atoms with van der Waals surface area (Å²) >= 11 is 12.3. The summed E-state index contributed by atoms with van der Waals surface area (Å²) in [4.78, 5) is 28.6. The standard InChI is InChI=1S/C28H25Cl2NO6/c1-35-13-14-36-15-16-37-23-8-3-2-7-22(23)26(32)24-25(18-9-11-19(29)12-10-18)31(28(34)27(24)33)21-6-4-5-20(30)17-21/h2-12,17,25,33H,13-16H2,1H3. The van der Waals surface area contributed by atoms with Crippen LogP contribution in [-0.2, 0) is 14.3 Å². The van der Waals surface area contributed by atoms with Gasteiger partial charge in [0.2, 0.25) is 0 Å². The van der Waals surface area contributed by atoms with Crippen molar-refractivity contribution in [3.63, 3.8) is 0 Å². The minimum atomic E-state index is -0.916. The van der Waals surface area contributed by atoms with Gasteiger partial charge in [0.1, 0.15) is 12.4 Å². The van der Waals surface area contributed by atoms with Crippen molar-refractivity contribution < 1.29 is 28.9 Å². The predicted octanol–water partition coefficient (Wildman–Crippen LogP) is 5.82. The van der Waals surface area contributed by atoms with Crippen LogP contribution in [0.1, 0.15) is 22.0 Å². The molecule has 0 fully saturated rings. The molecule has 192 valence electrons. The molecule has 0 radical (unpaired) electrons. The normalized spacial score (nSPS) is 15.4. The van der Waals surface area contributed by atoms with Gasteiger partial charge in [0.25, 0.3) is 5.91 Å². The maximum absolute atomic E-state index is 13.9. The van der Waals surface area contributed by atoms with Gasteiger partial charge >= 0.3 is 0 Å². The molecule has 37 heavy (non-hydrogen) atoms. The molecule has 1 amide bonds. The molecule has 1 heterocycles. The van der Waals surface area contributed by atoms with Gasteiger partial charge in [-0.25, -0.2) is 0 Å². The zero-order chi connectivity index (χ0) is 26.4. The van der Waals surface area contributed by atoms with Gasteiger partial charge in [-0.2, -0.15) is 0 Å². The lowest BCUT2D eigenvalue weighted by Gasteiger charge is -2.27. The molecule has 1 aliphatic rings. The van der Waals surface area contributed by atoms with Crippen LogP contribution in [0, 0.1) is 0 Å². The molecular formula is C28H25Cl2NO6. The number of ketones is 1. The minimum absolute atomic E-state index is 0.0697. The Morgan fingerprint density at radius 1 is 0.919 bits per heavy atom. The third kappa shape index (κ3) is 5.97. The number of aliphatic hydroxyl groups is 1. The van der Waals surface area contributed by atoms with Crippen molar-refractivity contribution >= 4 is 40.6 Å². The topological polar surface area (TPSA) is 85.3 Å². The highest BCUT2D eigenvalue weighted by Gasteiger charge is 2.45. The Kier molecular flexibility index (Phi) is 8.84. The summed E-state index contributed by atoms with van der Waals surface area (Å²) in [6.45, 7) is 1.39.